The van der Waals surface area contributed by atoms with Gasteiger partial charge in [-0.3, -0.25) is 4.99 Å². The van der Waals surface area contributed by atoms with E-state index in [0.29, 0.717) is 10.0 Å². The number of alkyl halides is 1. The molecule has 1 nitrogen and oxygen atoms in total. The minimum absolute atomic E-state index is 0.0567. The molecule has 1 heterocycles. The van der Waals surface area contributed by atoms with E-state index in [4.69, 9.17) is 28.2 Å². The molecule has 3 rings (SSSR count). The second-order valence-electron chi connectivity index (χ2n) is 4.55. The van der Waals surface area contributed by atoms with E-state index in [0.717, 1.165) is 33.3 Å². The van der Waals surface area contributed by atoms with Crippen molar-refractivity contribution in [2.45, 2.75) is 11.4 Å². The Morgan fingerprint density at radius 3 is 2.60 bits per heavy atom. The second kappa shape index (κ2) is 5.80. The highest BCUT2D eigenvalue weighted by atomic mass is 79.9. The normalized spacial score (nSPS) is 17.6. The highest BCUT2D eigenvalue weighted by molar-refractivity contribution is 9.10. The molecule has 0 N–H and O–H groups in total. The average Bonchev–Trinajstić information content (AvgIpc) is 2.40. The van der Waals surface area contributed by atoms with Gasteiger partial charge in [0.1, 0.15) is 4.95 Å². The van der Waals surface area contributed by atoms with E-state index in [1.54, 1.807) is 0 Å². The predicted molar refractivity (Wildman–Crippen MR) is 92.7 cm³/mol. The van der Waals surface area contributed by atoms with Gasteiger partial charge in [-0.1, -0.05) is 67.2 Å². The quantitative estimate of drug-likeness (QED) is 0.394. The third-order valence-electron chi connectivity index (χ3n) is 3.16. The van der Waals surface area contributed by atoms with Crippen LogP contribution < -0.4 is 0 Å². The van der Waals surface area contributed by atoms with E-state index in [2.05, 4.69) is 37.9 Å². The van der Waals surface area contributed by atoms with Crippen molar-refractivity contribution in [2.24, 2.45) is 4.99 Å². The van der Waals surface area contributed by atoms with Crippen LogP contribution in [-0.2, 0) is 6.42 Å². The zero-order valence-electron chi connectivity index (χ0n) is 10.2. The standard InChI is InChI=1S/C15H9Br2Cl2N/c16-10-3-1-2-8(4-10)15-11-7-13(19)12(18)5-9(11)6-14(17)20-15/h1-5,7,14H,6H2. The first-order valence-corrected chi connectivity index (χ1v) is 8.47. The lowest BCUT2D eigenvalue weighted by molar-refractivity contribution is 0.897. The first kappa shape index (κ1) is 14.6. The largest absolute Gasteiger partial charge is 0.269 e. The van der Waals surface area contributed by atoms with Crippen molar-refractivity contribution in [1.82, 2.24) is 0 Å². The zero-order valence-corrected chi connectivity index (χ0v) is 14.9. The number of fused-ring (bicyclic) bond motifs is 1. The number of nitrogens with zero attached hydrogens (tertiary/aromatic N) is 1. The predicted octanol–water partition coefficient (Wildman–Crippen LogP) is 5.87. The van der Waals surface area contributed by atoms with E-state index in [9.17, 15) is 0 Å². The first-order chi connectivity index (χ1) is 9.54. The van der Waals surface area contributed by atoms with Crippen molar-refractivity contribution in [3.05, 3.63) is 67.6 Å². The fourth-order valence-electron chi connectivity index (χ4n) is 2.28. The highest BCUT2D eigenvalue weighted by Gasteiger charge is 2.22. The average molecular weight is 434 g/mol. The third-order valence-corrected chi connectivity index (χ3v) is 4.90. The summed E-state index contributed by atoms with van der Waals surface area (Å²) < 4.78 is 1.02. The number of aliphatic imine (C=N–C) groups is 1. The monoisotopic (exact) mass is 431 g/mol. The smallest absolute Gasteiger partial charge is 0.109 e. The Morgan fingerprint density at radius 2 is 1.85 bits per heavy atom. The Labute approximate surface area is 144 Å². The number of benzene rings is 2. The molecule has 102 valence electrons. The van der Waals surface area contributed by atoms with Crippen LogP contribution in [0.3, 0.4) is 0 Å². The van der Waals surface area contributed by atoms with Gasteiger partial charge in [0.15, 0.2) is 0 Å². The van der Waals surface area contributed by atoms with Gasteiger partial charge >= 0.3 is 0 Å². The third kappa shape index (κ3) is 2.82. The van der Waals surface area contributed by atoms with Gasteiger partial charge in [-0.05, 0) is 29.8 Å². The van der Waals surface area contributed by atoms with Crippen molar-refractivity contribution in [1.29, 1.82) is 0 Å². The lowest BCUT2D eigenvalue weighted by atomic mass is 9.93. The van der Waals surface area contributed by atoms with Gasteiger partial charge in [-0.2, -0.15) is 0 Å². The molecule has 0 amide bonds. The van der Waals surface area contributed by atoms with E-state index in [1.807, 2.05) is 30.3 Å². The summed E-state index contributed by atoms with van der Waals surface area (Å²) >= 11 is 19.4. The molecule has 1 aliphatic heterocycles. The maximum Gasteiger partial charge on any atom is 0.109 e. The molecule has 1 aliphatic rings. The Morgan fingerprint density at radius 1 is 1.10 bits per heavy atom. The molecule has 0 spiro atoms. The molecule has 1 atom stereocenters. The van der Waals surface area contributed by atoms with Crippen LogP contribution in [-0.4, -0.2) is 10.7 Å². The van der Waals surface area contributed by atoms with Gasteiger partial charge in [0.25, 0.3) is 0 Å². The van der Waals surface area contributed by atoms with Crippen molar-refractivity contribution >= 4 is 60.8 Å². The zero-order chi connectivity index (χ0) is 14.3. The minimum atomic E-state index is 0.0567. The van der Waals surface area contributed by atoms with Crippen LogP contribution >= 0.6 is 55.1 Å². The molecule has 2 aromatic rings. The van der Waals surface area contributed by atoms with Crippen LogP contribution in [0.1, 0.15) is 16.7 Å². The Bertz CT molecular complexity index is 713. The van der Waals surface area contributed by atoms with Crippen molar-refractivity contribution < 1.29 is 0 Å². The van der Waals surface area contributed by atoms with Crippen LogP contribution in [0.4, 0.5) is 0 Å². The summed E-state index contributed by atoms with van der Waals surface area (Å²) in [7, 11) is 0. The lowest BCUT2D eigenvalue weighted by Crippen LogP contribution is -2.18. The highest BCUT2D eigenvalue weighted by Crippen LogP contribution is 2.33. The first-order valence-electron chi connectivity index (χ1n) is 6.00. The maximum atomic E-state index is 6.16. The molecule has 0 bridgehead atoms. The summed E-state index contributed by atoms with van der Waals surface area (Å²) in [6.07, 6.45) is 0.809. The van der Waals surface area contributed by atoms with Crippen LogP contribution in [0.15, 0.2) is 45.9 Å². The molecular formula is C15H9Br2Cl2N. The number of hydrogen-bond donors (Lipinski definition) is 0. The summed E-state index contributed by atoms with van der Waals surface area (Å²) in [5.74, 6) is 0. The van der Waals surface area contributed by atoms with Gasteiger partial charge in [0.2, 0.25) is 0 Å². The number of rotatable bonds is 1. The van der Waals surface area contributed by atoms with Gasteiger partial charge in [0.05, 0.1) is 15.8 Å². The van der Waals surface area contributed by atoms with Crippen molar-refractivity contribution in [2.75, 3.05) is 0 Å². The van der Waals surface area contributed by atoms with Crippen LogP contribution in [0.25, 0.3) is 0 Å². The van der Waals surface area contributed by atoms with E-state index >= 15 is 0 Å². The molecule has 0 saturated heterocycles. The maximum absolute atomic E-state index is 6.16. The van der Waals surface area contributed by atoms with Gasteiger partial charge < -0.3 is 0 Å². The molecule has 1 unspecified atom stereocenters. The number of halogens is 4. The van der Waals surface area contributed by atoms with E-state index in [-0.39, 0.29) is 4.95 Å². The Hall–Kier alpha value is -0.350. The lowest BCUT2D eigenvalue weighted by Gasteiger charge is -2.21. The SMILES string of the molecule is Clc1cc2c(cc1Cl)C(c1cccc(Br)c1)=NC(Br)C2. The van der Waals surface area contributed by atoms with E-state index in [1.165, 1.54) is 0 Å². The summed E-state index contributed by atoms with van der Waals surface area (Å²) in [5.41, 5.74) is 4.20. The molecule has 2 aromatic carbocycles. The molecule has 0 radical (unpaired) electrons. The van der Waals surface area contributed by atoms with Crippen LogP contribution in [0.5, 0.6) is 0 Å². The van der Waals surface area contributed by atoms with E-state index < -0.39 is 0 Å². The molecule has 5 heteroatoms. The van der Waals surface area contributed by atoms with Crippen molar-refractivity contribution in [3.63, 3.8) is 0 Å². The fraction of sp³-hybridized carbons (Fsp3) is 0.133. The summed E-state index contributed by atoms with van der Waals surface area (Å²) in [4.78, 5) is 4.77. The molecular weight excluding hydrogens is 425 g/mol. The Kier molecular flexibility index (Phi) is 4.23. The Balaban J connectivity index is 2.19. The summed E-state index contributed by atoms with van der Waals surface area (Å²) in [5, 5.41) is 1.14. The summed E-state index contributed by atoms with van der Waals surface area (Å²) in [6, 6.07) is 11.9. The molecule has 20 heavy (non-hydrogen) atoms. The molecule has 0 saturated carbocycles. The molecule has 0 aromatic heterocycles. The fourth-order valence-corrected chi connectivity index (χ4v) is 3.58. The second-order valence-corrected chi connectivity index (χ2v) is 7.34. The van der Waals surface area contributed by atoms with Gasteiger partial charge in [-0.25, -0.2) is 0 Å². The molecule has 0 fully saturated rings. The van der Waals surface area contributed by atoms with Crippen molar-refractivity contribution in [3.8, 4) is 0 Å². The summed E-state index contributed by atoms with van der Waals surface area (Å²) in [6.45, 7) is 0. The van der Waals surface area contributed by atoms with Gasteiger partial charge in [-0.15, -0.1) is 0 Å². The topological polar surface area (TPSA) is 12.4 Å². The number of hydrogen-bond acceptors (Lipinski definition) is 1. The van der Waals surface area contributed by atoms with Gasteiger partial charge in [0, 0.05) is 22.0 Å². The van der Waals surface area contributed by atoms with Crippen LogP contribution in [0.2, 0.25) is 10.0 Å². The van der Waals surface area contributed by atoms with Crippen LogP contribution in [0, 0.1) is 0 Å². The minimum Gasteiger partial charge on any atom is -0.269 e. The molecule has 0 aliphatic carbocycles.